The molecule has 0 amide bonds. The van der Waals surface area contributed by atoms with Gasteiger partial charge in [-0.2, -0.15) is 0 Å². The summed E-state index contributed by atoms with van der Waals surface area (Å²) in [7, 11) is 0. The first-order valence-corrected chi connectivity index (χ1v) is 7.53. The fourth-order valence-electron chi connectivity index (χ4n) is 2.54. The largest absolute Gasteiger partial charge is 0.325 e. The Bertz CT molecular complexity index is 767. The van der Waals surface area contributed by atoms with Gasteiger partial charge in [-0.05, 0) is 24.6 Å². The number of nitrogens with two attached hydrogens (primary N) is 1. The third-order valence-electron chi connectivity index (χ3n) is 3.70. The van der Waals surface area contributed by atoms with E-state index in [0.717, 1.165) is 17.0 Å². The highest BCUT2D eigenvalue weighted by atomic mass is 35.5. The summed E-state index contributed by atoms with van der Waals surface area (Å²) in [6, 6.07) is 17.9. The molecule has 0 saturated carbocycles. The van der Waals surface area contributed by atoms with Crippen LogP contribution in [0.25, 0.3) is 11.3 Å². The molecule has 0 radical (unpaired) electrons. The van der Waals surface area contributed by atoms with Crippen molar-refractivity contribution in [2.24, 2.45) is 5.73 Å². The van der Waals surface area contributed by atoms with Crippen molar-refractivity contribution in [3.05, 3.63) is 70.9 Å². The lowest BCUT2D eigenvalue weighted by atomic mass is 10.1. The molecular formula is C17H17ClN4. The Morgan fingerprint density at radius 1 is 1.14 bits per heavy atom. The highest BCUT2D eigenvalue weighted by Crippen LogP contribution is 2.29. The van der Waals surface area contributed by atoms with E-state index in [9.17, 15) is 0 Å². The molecule has 3 rings (SSSR count). The molecule has 4 nitrogen and oxygen atoms in total. The second kappa shape index (κ2) is 6.30. The van der Waals surface area contributed by atoms with Gasteiger partial charge in [-0.1, -0.05) is 59.3 Å². The Hall–Kier alpha value is -2.17. The molecule has 2 aromatic carbocycles. The quantitative estimate of drug-likeness (QED) is 0.799. The Balaban J connectivity index is 2.12. The Morgan fingerprint density at radius 2 is 1.91 bits per heavy atom. The van der Waals surface area contributed by atoms with E-state index in [4.69, 9.17) is 17.3 Å². The van der Waals surface area contributed by atoms with E-state index in [0.29, 0.717) is 11.6 Å². The molecule has 0 fully saturated rings. The number of hydrogen-bond donors (Lipinski definition) is 1. The summed E-state index contributed by atoms with van der Waals surface area (Å²) in [5.41, 5.74) is 9.65. The molecule has 1 unspecified atom stereocenters. The van der Waals surface area contributed by atoms with Crippen LogP contribution in [0.5, 0.6) is 0 Å². The smallest absolute Gasteiger partial charge is 0.104 e. The lowest BCUT2D eigenvalue weighted by Crippen LogP contribution is -2.11. The molecular weight excluding hydrogens is 296 g/mol. The molecule has 1 aromatic heterocycles. The molecule has 1 heterocycles. The zero-order valence-corrected chi connectivity index (χ0v) is 13.0. The number of halogens is 1. The average molecular weight is 313 g/mol. The Morgan fingerprint density at radius 3 is 2.59 bits per heavy atom. The molecule has 3 aromatic rings. The van der Waals surface area contributed by atoms with Crippen LogP contribution in [-0.2, 0) is 6.54 Å². The van der Waals surface area contributed by atoms with Gasteiger partial charge in [0.25, 0.3) is 0 Å². The molecule has 0 aliphatic carbocycles. The van der Waals surface area contributed by atoms with Crippen molar-refractivity contribution in [1.82, 2.24) is 15.0 Å². The molecule has 0 saturated heterocycles. The predicted molar refractivity (Wildman–Crippen MR) is 88.6 cm³/mol. The maximum Gasteiger partial charge on any atom is 0.104 e. The summed E-state index contributed by atoms with van der Waals surface area (Å²) < 4.78 is 1.91. The van der Waals surface area contributed by atoms with Crippen molar-refractivity contribution in [3.63, 3.8) is 0 Å². The van der Waals surface area contributed by atoms with E-state index in [-0.39, 0.29) is 6.04 Å². The topological polar surface area (TPSA) is 56.7 Å². The zero-order chi connectivity index (χ0) is 15.5. The number of aromatic nitrogens is 3. The summed E-state index contributed by atoms with van der Waals surface area (Å²) >= 11 is 6.12. The van der Waals surface area contributed by atoms with E-state index >= 15 is 0 Å². The minimum Gasteiger partial charge on any atom is -0.325 e. The van der Waals surface area contributed by atoms with Crippen molar-refractivity contribution in [1.29, 1.82) is 0 Å². The van der Waals surface area contributed by atoms with E-state index in [1.807, 2.05) is 47.1 Å². The molecule has 0 aliphatic heterocycles. The summed E-state index contributed by atoms with van der Waals surface area (Å²) in [5, 5.41) is 9.23. The van der Waals surface area contributed by atoms with Gasteiger partial charge in [-0.15, -0.1) is 5.10 Å². The normalized spacial score (nSPS) is 12.3. The van der Waals surface area contributed by atoms with Gasteiger partial charge in [0.2, 0.25) is 0 Å². The minimum atomic E-state index is 0.0583. The molecule has 22 heavy (non-hydrogen) atoms. The zero-order valence-electron chi connectivity index (χ0n) is 12.3. The third-order valence-corrected chi connectivity index (χ3v) is 3.94. The Kier molecular flexibility index (Phi) is 4.22. The fourth-order valence-corrected chi connectivity index (χ4v) is 2.73. The highest BCUT2D eigenvalue weighted by Gasteiger charge is 2.19. The molecule has 0 bridgehead atoms. The van der Waals surface area contributed by atoms with E-state index in [1.165, 1.54) is 5.56 Å². The lowest BCUT2D eigenvalue weighted by molar-refractivity contribution is 0.548. The van der Waals surface area contributed by atoms with Gasteiger partial charge in [0.1, 0.15) is 5.69 Å². The van der Waals surface area contributed by atoms with Crippen LogP contribution in [-0.4, -0.2) is 15.0 Å². The SMILES string of the molecule is CC(c1ccccc1)n1nnc(CN)c1-c1cccc(Cl)c1. The summed E-state index contributed by atoms with van der Waals surface area (Å²) in [4.78, 5) is 0. The van der Waals surface area contributed by atoms with Crippen LogP contribution in [0, 0.1) is 0 Å². The lowest BCUT2D eigenvalue weighted by Gasteiger charge is -2.16. The van der Waals surface area contributed by atoms with E-state index in [1.54, 1.807) is 0 Å². The van der Waals surface area contributed by atoms with Gasteiger partial charge in [0.05, 0.1) is 11.7 Å². The fraction of sp³-hybridized carbons (Fsp3) is 0.176. The predicted octanol–water partition coefficient (Wildman–Crippen LogP) is 3.67. The second-order valence-corrected chi connectivity index (χ2v) is 5.57. The first-order valence-electron chi connectivity index (χ1n) is 7.15. The number of nitrogens with zero attached hydrogens (tertiary/aromatic N) is 3. The highest BCUT2D eigenvalue weighted by molar-refractivity contribution is 6.30. The van der Waals surface area contributed by atoms with Gasteiger partial charge in [-0.25, -0.2) is 4.68 Å². The van der Waals surface area contributed by atoms with Gasteiger partial charge in [0, 0.05) is 17.1 Å². The van der Waals surface area contributed by atoms with E-state index < -0.39 is 0 Å². The first-order chi connectivity index (χ1) is 10.7. The number of hydrogen-bond acceptors (Lipinski definition) is 3. The summed E-state index contributed by atoms with van der Waals surface area (Å²) in [6.45, 7) is 2.43. The van der Waals surface area contributed by atoms with Gasteiger partial charge in [-0.3, -0.25) is 0 Å². The van der Waals surface area contributed by atoms with Crippen molar-refractivity contribution in [2.75, 3.05) is 0 Å². The molecule has 112 valence electrons. The van der Waals surface area contributed by atoms with Crippen LogP contribution >= 0.6 is 11.6 Å². The number of rotatable bonds is 4. The van der Waals surface area contributed by atoms with Crippen LogP contribution in [0.15, 0.2) is 54.6 Å². The van der Waals surface area contributed by atoms with Crippen molar-refractivity contribution in [2.45, 2.75) is 19.5 Å². The van der Waals surface area contributed by atoms with Crippen LogP contribution in [0.2, 0.25) is 5.02 Å². The molecule has 1 atom stereocenters. The third kappa shape index (κ3) is 2.75. The van der Waals surface area contributed by atoms with Crippen molar-refractivity contribution < 1.29 is 0 Å². The monoisotopic (exact) mass is 312 g/mol. The van der Waals surface area contributed by atoms with E-state index in [2.05, 4.69) is 29.4 Å². The molecule has 5 heteroatoms. The van der Waals surface area contributed by atoms with Crippen molar-refractivity contribution in [3.8, 4) is 11.3 Å². The van der Waals surface area contributed by atoms with Crippen LogP contribution < -0.4 is 5.73 Å². The van der Waals surface area contributed by atoms with Crippen molar-refractivity contribution >= 4 is 11.6 Å². The maximum absolute atomic E-state index is 6.12. The summed E-state index contributed by atoms with van der Waals surface area (Å²) in [5.74, 6) is 0. The first kappa shape index (κ1) is 14.8. The molecule has 2 N–H and O–H groups in total. The standard InChI is InChI=1S/C17H17ClN4/c1-12(13-6-3-2-4-7-13)22-17(16(11-19)20-21-22)14-8-5-9-15(18)10-14/h2-10,12H,11,19H2,1H3. The second-order valence-electron chi connectivity index (χ2n) is 5.13. The summed E-state index contributed by atoms with van der Waals surface area (Å²) in [6.07, 6.45) is 0. The van der Waals surface area contributed by atoms with Gasteiger partial charge >= 0.3 is 0 Å². The minimum absolute atomic E-state index is 0.0583. The maximum atomic E-state index is 6.12. The van der Waals surface area contributed by atoms with Crippen LogP contribution in [0.4, 0.5) is 0 Å². The van der Waals surface area contributed by atoms with Gasteiger partial charge in [0.15, 0.2) is 0 Å². The van der Waals surface area contributed by atoms with Gasteiger partial charge < -0.3 is 5.73 Å². The average Bonchev–Trinajstić information content (AvgIpc) is 2.99. The van der Waals surface area contributed by atoms with Crippen LogP contribution in [0.3, 0.4) is 0 Å². The number of benzene rings is 2. The molecule has 0 spiro atoms. The Labute approximate surface area is 134 Å². The molecule has 0 aliphatic rings. The van der Waals surface area contributed by atoms with Crippen LogP contribution in [0.1, 0.15) is 24.2 Å².